The fourth-order valence-corrected chi connectivity index (χ4v) is 7.76. The number of fused-ring (bicyclic) bond motifs is 5. The molecule has 3 fully saturated rings. The number of esters is 1. The Kier molecular flexibility index (Phi) is 6.13. The van der Waals surface area contributed by atoms with Gasteiger partial charge in [0, 0.05) is 16.7 Å². The number of hydrogen-bond acceptors (Lipinski definition) is 7. The van der Waals surface area contributed by atoms with E-state index in [2.05, 4.69) is 13.8 Å². The highest BCUT2D eigenvalue weighted by atomic mass is 16.5. The van der Waals surface area contributed by atoms with Crippen LogP contribution in [0.2, 0.25) is 0 Å². The number of Topliss-reactive ketones (excluding diaryl/α,β-unsaturated/α-hetero) is 1. The molecular formula is C26H34O8. The number of carbonyl (C=O) groups excluding carboxylic acids is 3. The van der Waals surface area contributed by atoms with Crippen molar-refractivity contribution in [1.29, 1.82) is 0 Å². The summed E-state index contributed by atoms with van der Waals surface area (Å²) in [6.07, 6.45) is 5.52. The van der Waals surface area contributed by atoms with Crippen LogP contribution in [0.4, 0.5) is 0 Å². The van der Waals surface area contributed by atoms with E-state index >= 15 is 0 Å². The number of ether oxygens (including phenoxy) is 1. The number of rotatable bonds is 6. The molecule has 34 heavy (non-hydrogen) atoms. The van der Waals surface area contributed by atoms with Crippen LogP contribution in [0.3, 0.4) is 0 Å². The van der Waals surface area contributed by atoms with Gasteiger partial charge in [0.25, 0.3) is 0 Å². The molecule has 8 nitrogen and oxygen atoms in total. The van der Waals surface area contributed by atoms with E-state index in [1.807, 2.05) is 13.0 Å². The zero-order valence-electron chi connectivity index (χ0n) is 20.0. The van der Waals surface area contributed by atoms with E-state index in [1.165, 1.54) is 0 Å². The number of carboxylic acid groups (broad SMARTS) is 1. The highest BCUT2D eigenvalue weighted by Crippen LogP contribution is 2.67. The van der Waals surface area contributed by atoms with Gasteiger partial charge in [-0.2, -0.15) is 0 Å². The topological polar surface area (TPSA) is 138 Å². The lowest BCUT2D eigenvalue weighted by atomic mass is 9.45. The maximum Gasteiger partial charge on any atom is 0.306 e. The van der Waals surface area contributed by atoms with Gasteiger partial charge in [0.05, 0.1) is 18.9 Å². The summed E-state index contributed by atoms with van der Waals surface area (Å²) < 4.78 is 4.98. The molecule has 0 saturated heterocycles. The molecule has 0 aromatic heterocycles. The fourth-order valence-electron chi connectivity index (χ4n) is 7.76. The first-order valence-electron chi connectivity index (χ1n) is 12.1. The number of ketones is 2. The summed E-state index contributed by atoms with van der Waals surface area (Å²) in [5.74, 6) is -2.51. The highest BCUT2D eigenvalue weighted by molar-refractivity contribution is 6.01. The summed E-state index contributed by atoms with van der Waals surface area (Å²) in [7, 11) is 0. The Morgan fingerprint density at radius 3 is 2.59 bits per heavy atom. The third-order valence-electron chi connectivity index (χ3n) is 9.34. The van der Waals surface area contributed by atoms with Crippen LogP contribution in [0.15, 0.2) is 23.8 Å². The van der Waals surface area contributed by atoms with Crippen LogP contribution in [0, 0.1) is 34.5 Å². The molecule has 186 valence electrons. The Morgan fingerprint density at radius 1 is 1.21 bits per heavy atom. The minimum atomic E-state index is -1.74. The van der Waals surface area contributed by atoms with Crippen LogP contribution in [0.1, 0.15) is 59.3 Å². The zero-order chi connectivity index (χ0) is 25.1. The van der Waals surface area contributed by atoms with Gasteiger partial charge in [0.1, 0.15) is 5.60 Å². The average molecular weight is 475 g/mol. The van der Waals surface area contributed by atoms with Crippen molar-refractivity contribution in [2.24, 2.45) is 34.5 Å². The lowest BCUT2D eigenvalue weighted by Gasteiger charge is -2.60. The van der Waals surface area contributed by atoms with Gasteiger partial charge in [0.2, 0.25) is 5.78 Å². The molecule has 0 aromatic carbocycles. The standard InChI is InChI=1S/C26H34O8/c1-14-10-16-17-7-9-26(33,20(29)13-34-22(32)5-4-21(30)31)25(17,3)12-19(28)23(16)24(2)8-6-15(27)11-18(14)24/h6,8,11,14,16-17,19,23,28,33H,4-5,7,9-10,12-13H2,1-3H3,(H,30,31)/t14-,16+,17+,19-,23+,24-,25-,26-/m0/s1. The molecule has 0 amide bonds. The smallest absolute Gasteiger partial charge is 0.306 e. The van der Waals surface area contributed by atoms with Gasteiger partial charge in [-0.3, -0.25) is 19.2 Å². The Bertz CT molecular complexity index is 981. The maximum absolute atomic E-state index is 13.1. The van der Waals surface area contributed by atoms with Crippen molar-refractivity contribution in [3.05, 3.63) is 23.8 Å². The van der Waals surface area contributed by atoms with Crippen molar-refractivity contribution >= 4 is 23.5 Å². The monoisotopic (exact) mass is 474 g/mol. The summed E-state index contributed by atoms with van der Waals surface area (Å²) >= 11 is 0. The van der Waals surface area contributed by atoms with Gasteiger partial charge < -0.3 is 20.1 Å². The maximum atomic E-state index is 13.1. The van der Waals surface area contributed by atoms with Crippen LogP contribution in [-0.4, -0.2) is 57.1 Å². The average Bonchev–Trinajstić information content (AvgIpc) is 3.03. The number of aliphatic hydroxyl groups is 2. The Labute approximate surface area is 199 Å². The van der Waals surface area contributed by atoms with Crippen molar-refractivity contribution in [3.8, 4) is 0 Å². The SMILES string of the molecule is C[C@H]1C[C@H]2[C@H]([C@@H](O)C[C@@]3(C)[C@@H]2CC[C@]3(O)C(=O)COC(=O)CCC(=O)O)[C@@]2(C)C=CC(=O)C=C12. The van der Waals surface area contributed by atoms with Crippen LogP contribution in [-0.2, 0) is 23.9 Å². The van der Waals surface area contributed by atoms with E-state index in [0.717, 1.165) is 12.0 Å². The Balaban J connectivity index is 1.56. The molecule has 0 aromatic rings. The minimum Gasteiger partial charge on any atom is -0.481 e. The Morgan fingerprint density at radius 2 is 1.91 bits per heavy atom. The predicted molar refractivity (Wildman–Crippen MR) is 120 cm³/mol. The van der Waals surface area contributed by atoms with Crippen LogP contribution >= 0.6 is 0 Å². The van der Waals surface area contributed by atoms with E-state index in [9.17, 15) is 29.4 Å². The number of carbonyl (C=O) groups is 4. The molecule has 0 heterocycles. The summed E-state index contributed by atoms with van der Waals surface area (Å²) in [6.45, 7) is 5.40. The van der Waals surface area contributed by atoms with E-state index in [4.69, 9.17) is 9.84 Å². The Hall–Kier alpha value is -2.32. The van der Waals surface area contributed by atoms with Gasteiger partial charge in [-0.15, -0.1) is 0 Å². The number of allylic oxidation sites excluding steroid dienone is 4. The summed E-state index contributed by atoms with van der Waals surface area (Å²) in [6, 6.07) is 0. The molecule has 0 radical (unpaired) electrons. The normalized spacial score (nSPS) is 42.8. The third kappa shape index (κ3) is 3.66. The van der Waals surface area contributed by atoms with E-state index in [0.29, 0.717) is 6.42 Å². The van der Waals surface area contributed by atoms with Crippen LogP contribution < -0.4 is 0 Å². The molecule has 4 aliphatic carbocycles. The van der Waals surface area contributed by atoms with Gasteiger partial charge in [-0.25, -0.2) is 0 Å². The number of carboxylic acids is 1. The molecule has 8 heteroatoms. The van der Waals surface area contributed by atoms with Crippen molar-refractivity contribution in [3.63, 3.8) is 0 Å². The van der Waals surface area contributed by atoms with E-state index in [-0.39, 0.29) is 55.1 Å². The van der Waals surface area contributed by atoms with Crippen LogP contribution in [0.25, 0.3) is 0 Å². The van der Waals surface area contributed by atoms with Crippen molar-refractivity contribution in [2.75, 3.05) is 6.61 Å². The molecule has 0 spiro atoms. The number of aliphatic carboxylic acids is 1. The van der Waals surface area contributed by atoms with Crippen molar-refractivity contribution in [1.82, 2.24) is 0 Å². The molecule has 3 N–H and O–H groups in total. The summed E-state index contributed by atoms with van der Waals surface area (Å²) in [5.41, 5.74) is -2.04. The molecule has 8 atom stereocenters. The van der Waals surface area contributed by atoms with Gasteiger partial charge in [-0.1, -0.05) is 32.4 Å². The first-order chi connectivity index (χ1) is 15.8. The second kappa shape index (κ2) is 8.41. The first-order valence-corrected chi connectivity index (χ1v) is 12.1. The largest absolute Gasteiger partial charge is 0.481 e. The minimum absolute atomic E-state index is 0.00980. The number of hydrogen-bond donors (Lipinski definition) is 3. The number of aliphatic hydroxyl groups excluding tert-OH is 1. The molecular weight excluding hydrogens is 440 g/mol. The molecule has 0 bridgehead atoms. The van der Waals surface area contributed by atoms with Crippen molar-refractivity contribution < 1.29 is 39.2 Å². The van der Waals surface area contributed by atoms with Gasteiger partial charge in [0.15, 0.2) is 12.4 Å². The zero-order valence-corrected chi connectivity index (χ0v) is 20.0. The van der Waals surface area contributed by atoms with E-state index < -0.39 is 46.9 Å². The van der Waals surface area contributed by atoms with Gasteiger partial charge >= 0.3 is 11.9 Å². The predicted octanol–water partition coefficient (Wildman–Crippen LogP) is 2.22. The molecule has 4 aliphatic rings. The molecule has 4 rings (SSSR count). The van der Waals surface area contributed by atoms with E-state index in [1.54, 1.807) is 12.2 Å². The molecule has 0 unspecified atom stereocenters. The highest BCUT2D eigenvalue weighted by Gasteiger charge is 2.68. The molecule has 0 aliphatic heterocycles. The second-order valence-electron chi connectivity index (χ2n) is 11.1. The molecule has 3 saturated carbocycles. The van der Waals surface area contributed by atoms with Crippen molar-refractivity contribution in [2.45, 2.75) is 71.0 Å². The first kappa shape index (κ1) is 24.8. The summed E-state index contributed by atoms with van der Waals surface area (Å²) in [5, 5.41) is 31.7. The fraction of sp³-hybridized carbons (Fsp3) is 0.692. The lowest BCUT2D eigenvalue weighted by molar-refractivity contribution is -0.182. The second-order valence-corrected chi connectivity index (χ2v) is 11.1. The quantitative estimate of drug-likeness (QED) is 0.498. The third-order valence-corrected chi connectivity index (χ3v) is 9.34. The van der Waals surface area contributed by atoms with Gasteiger partial charge in [-0.05, 0) is 55.6 Å². The van der Waals surface area contributed by atoms with Crippen LogP contribution in [0.5, 0.6) is 0 Å². The summed E-state index contributed by atoms with van der Waals surface area (Å²) in [4.78, 5) is 47.7. The lowest BCUT2D eigenvalue weighted by Crippen LogP contribution is -2.62.